The highest BCUT2D eigenvalue weighted by molar-refractivity contribution is 5.94. The Kier molecular flexibility index (Phi) is 4.64. The van der Waals surface area contributed by atoms with E-state index in [2.05, 4.69) is 15.2 Å². The lowest BCUT2D eigenvalue weighted by Crippen LogP contribution is -2.37. The van der Waals surface area contributed by atoms with Crippen LogP contribution in [0.1, 0.15) is 29.6 Å². The summed E-state index contributed by atoms with van der Waals surface area (Å²) in [4.78, 5) is 17.7. The number of hydrogen-bond donors (Lipinski definition) is 1. The fourth-order valence-corrected chi connectivity index (χ4v) is 2.17. The molecule has 0 unspecified atom stereocenters. The molecule has 1 amide bonds. The van der Waals surface area contributed by atoms with Crippen molar-refractivity contribution in [1.82, 2.24) is 15.2 Å². The predicted octanol–water partition coefficient (Wildman–Crippen LogP) is 1.44. The first-order valence-electron chi connectivity index (χ1n) is 6.37. The minimum absolute atomic E-state index is 0.0589. The molecule has 0 atom stereocenters. The maximum absolute atomic E-state index is 13.3. The van der Waals surface area contributed by atoms with Gasteiger partial charge >= 0.3 is 0 Å². The van der Waals surface area contributed by atoms with E-state index >= 15 is 0 Å². The number of aromatic nitrogens is 1. The zero-order valence-electron chi connectivity index (χ0n) is 10.4. The van der Waals surface area contributed by atoms with Crippen molar-refractivity contribution in [2.75, 3.05) is 26.2 Å². The quantitative estimate of drug-likeness (QED) is 0.880. The Morgan fingerprint density at radius 3 is 2.89 bits per heavy atom. The highest BCUT2D eigenvalue weighted by atomic mass is 19.1. The van der Waals surface area contributed by atoms with Gasteiger partial charge < -0.3 is 10.2 Å². The molecule has 0 aliphatic carbocycles. The molecule has 0 saturated carbocycles. The maximum Gasteiger partial charge on any atom is 0.254 e. The summed E-state index contributed by atoms with van der Waals surface area (Å²) in [6.45, 7) is 3.58. The molecule has 98 valence electrons. The topological polar surface area (TPSA) is 45.2 Å². The second kappa shape index (κ2) is 6.44. The summed E-state index contributed by atoms with van der Waals surface area (Å²) in [6, 6.07) is 1.39. The van der Waals surface area contributed by atoms with Crippen LogP contribution in [0.4, 0.5) is 4.39 Å². The first kappa shape index (κ1) is 13.0. The van der Waals surface area contributed by atoms with Crippen LogP contribution in [0.2, 0.25) is 0 Å². The van der Waals surface area contributed by atoms with Gasteiger partial charge in [0.1, 0.15) is 0 Å². The van der Waals surface area contributed by atoms with E-state index in [0.717, 1.165) is 25.8 Å². The summed E-state index contributed by atoms with van der Waals surface area (Å²) >= 11 is 0. The van der Waals surface area contributed by atoms with Crippen molar-refractivity contribution in [1.29, 1.82) is 0 Å². The van der Waals surface area contributed by atoms with E-state index in [1.165, 1.54) is 31.5 Å². The zero-order valence-corrected chi connectivity index (χ0v) is 10.4. The summed E-state index contributed by atoms with van der Waals surface area (Å²) in [5.74, 6) is -0.945. The molecule has 4 nitrogen and oxygen atoms in total. The first-order chi connectivity index (χ1) is 8.77. The lowest BCUT2D eigenvalue weighted by molar-refractivity contribution is 0.0942. The van der Waals surface area contributed by atoms with E-state index in [9.17, 15) is 9.18 Å². The number of hydrogen-bond acceptors (Lipinski definition) is 3. The highest BCUT2D eigenvalue weighted by Crippen LogP contribution is 2.07. The lowest BCUT2D eigenvalue weighted by Gasteiger charge is -2.26. The van der Waals surface area contributed by atoms with Crippen molar-refractivity contribution in [3.8, 4) is 0 Å². The van der Waals surface area contributed by atoms with Crippen LogP contribution in [-0.4, -0.2) is 42.0 Å². The Hall–Kier alpha value is -1.49. The second-order valence-corrected chi connectivity index (χ2v) is 4.51. The Bertz CT molecular complexity index is 405. The monoisotopic (exact) mass is 251 g/mol. The van der Waals surface area contributed by atoms with E-state index in [1.54, 1.807) is 0 Å². The smallest absolute Gasteiger partial charge is 0.254 e. The zero-order chi connectivity index (χ0) is 12.8. The Morgan fingerprint density at radius 2 is 2.17 bits per heavy atom. The molecule has 1 aliphatic rings. The standard InChI is InChI=1S/C13H18FN3O/c14-12-10-15-5-4-11(12)13(18)16-6-9-17-7-2-1-3-8-17/h4-5,10H,1-3,6-9H2,(H,16,18). The van der Waals surface area contributed by atoms with Crippen LogP contribution >= 0.6 is 0 Å². The van der Waals surface area contributed by atoms with Crippen molar-refractivity contribution in [2.45, 2.75) is 19.3 Å². The van der Waals surface area contributed by atoms with E-state index in [-0.39, 0.29) is 11.5 Å². The minimum Gasteiger partial charge on any atom is -0.351 e. The Morgan fingerprint density at radius 1 is 1.39 bits per heavy atom. The van der Waals surface area contributed by atoms with Crippen molar-refractivity contribution in [2.24, 2.45) is 0 Å². The molecule has 0 radical (unpaired) electrons. The van der Waals surface area contributed by atoms with Gasteiger partial charge in [-0.3, -0.25) is 9.78 Å². The number of rotatable bonds is 4. The lowest BCUT2D eigenvalue weighted by atomic mass is 10.1. The number of nitrogens with zero attached hydrogens (tertiary/aromatic N) is 2. The van der Waals surface area contributed by atoms with Crippen LogP contribution < -0.4 is 5.32 Å². The van der Waals surface area contributed by atoms with Gasteiger partial charge in [-0.15, -0.1) is 0 Å². The van der Waals surface area contributed by atoms with Crippen LogP contribution in [0.25, 0.3) is 0 Å². The Labute approximate surface area is 106 Å². The van der Waals surface area contributed by atoms with Gasteiger partial charge in [0, 0.05) is 19.3 Å². The molecule has 1 aliphatic heterocycles. The van der Waals surface area contributed by atoms with Gasteiger partial charge in [-0.2, -0.15) is 0 Å². The van der Waals surface area contributed by atoms with E-state index in [0.29, 0.717) is 6.54 Å². The van der Waals surface area contributed by atoms with Crippen molar-refractivity contribution < 1.29 is 9.18 Å². The molecule has 1 aromatic heterocycles. The molecule has 18 heavy (non-hydrogen) atoms. The maximum atomic E-state index is 13.3. The van der Waals surface area contributed by atoms with Crippen LogP contribution in [0.5, 0.6) is 0 Å². The molecule has 1 N–H and O–H groups in total. The third-order valence-electron chi connectivity index (χ3n) is 3.18. The number of pyridine rings is 1. The number of halogens is 1. The van der Waals surface area contributed by atoms with Gasteiger partial charge in [0.25, 0.3) is 5.91 Å². The van der Waals surface area contributed by atoms with Crippen LogP contribution in [0.15, 0.2) is 18.5 Å². The van der Waals surface area contributed by atoms with Crippen LogP contribution in [-0.2, 0) is 0 Å². The summed E-state index contributed by atoms with van der Waals surface area (Å²) < 4.78 is 13.3. The largest absolute Gasteiger partial charge is 0.351 e. The first-order valence-corrected chi connectivity index (χ1v) is 6.37. The van der Waals surface area contributed by atoms with Crippen LogP contribution in [0.3, 0.4) is 0 Å². The predicted molar refractivity (Wildman–Crippen MR) is 66.8 cm³/mol. The number of amides is 1. The number of piperidine rings is 1. The molecule has 2 heterocycles. The number of carbonyl (C=O) groups excluding carboxylic acids is 1. The molecular formula is C13H18FN3O. The number of nitrogens with one attached hydrogen (secondary N) is 1. The molecule has 1 aromatic rings. The SMILES string of the molecule is O=C(NCCN1CCCCC1)c1ccncc1F. The average molecular weight is 251 g/mol. The van der Waals surface area contributed by atoms with Crippen molar-refractivity contribution in [3.63, 3.8) is 0 Å². The summed E-state index contributed by atoms with van der Waals surface area (Å²) in [6.07, 6.45) is 6.23. The van der Waals surface area contributed by atoms with Gasteiger partial charge in [0.05, 0.1) is 11.8 Å². The third-order valence-corrected chi connectivity index (χ3v) is 3.18. The van der Waals surface area contributed by atoms with Crippen LogP contribution in [0, 0.1) is 5.82 Å². The minimum atomic E-state index is -0.576. The summed E-state index contributed by atoms with van der Waals surface area (Å²) in [5, 5.41) is 2.74. The average Bonchev–Trinajstić information content (AvgIpc) is 2.40. The highest BCUT2D eigenvalue weighted by Gasteiger charge is 2.12. The molecule has 1 saturated heterocycles. The molecule has 2 rings (SSSR count). The van der Waals surface area contributed by atoms with Gasteiger partial charge in [-0.25, -0.2) is 4.39 Å². The van der Waals surface area contributed by atoms with E-state index < -0.39 is 5.82 Å². The number of likely N-dealkylation sites (tertiary alicyclic amines) is 1. The molecule has 1 fully saturated rings. The van der Waals surface area contributed by atoms with Gasteiger partial charge in [-0.05, 0) is 32.0 Å². The van der Waals surface area contributed by atoms with Gasteiger partial charge in [0.2, 0.25) is 0 Å². The molecular weight excluding hydrogens is 233 g/mol. The Balaban J connectivity index is 1.76. The fraction of sp³-hybridized carbons (Fsp3) is 0.538. The van der Waals surface area contributed by atoms with Crippen molar-refractivity contribution in [3.05, 3.63) is 29.8 Å². The van der Waals surface area contributed by atoms with Gasteiger partial charge in [0.15, 0.2) is 5.82 Å². The van der Waals surface area contributed by atoms with E-state index in [1.807, 2.05) is 0 Å². The van der Waals surface area contributed by atoms with Gasteiger partial charge in [-0.1, -0.05) is 6.42 Å². The molecule has 0 spiro atoms. The van der Waals surface area contributed by atoms with Crippen molar-refractivity contribution >= 4 is 5.91 Å². The fourth-order valence-electron chi connectivity index (χ4n) is 2.17. The van der Waals surface area contributed by atoms with E-state index in [4.69, 9.17) is 0 Å². The second-order valence-electron chi connectivity index (χ2n) is 4.51. The third kappa shape index (κ3) is 3.50. The molecule has 0 aromatic carbocycles. The summed E-state index contributed by atoms with van der Waals surface area (Å²) in [7, 11) is 0. The number of carbonyl (C=O) groups is 1. The molecule has 5 heteroatoms. The summed E-state index contributed by atoms with van der Waals surface area (Å²) in [5.41, 5.74) is 0.0589. The molecule has 0 bridgehead atoms. The normalized spacial score (nSPS) is 16.5.